The summed E-state index contributed by atoms with van der Waals surface area (Å²) >= 11 is 0. The van der Waals surface area contributed by atoms with Crippen LogP contribution in [0.4, 0.5) is 0 Å². The summed E-state index contributed by atoms with van der Waals surface area (Å²) in [7, 11) is 1.60. The average Bonchev–Trinajstić information content (AvgIpc) is 2.35. The van der Waals surface area contributed by atoms with Crippen LogP contribution < -0.4 is 0 Å². The quantitative estimate of drug-likeness (QED) is 0.587. The van der Waals surface area contributed by atoms with Crippen molar-refractivity contribution < 1.29 is 9.53 Å². The molecule has 0 fully saturated rings. The number of hydrogen-bond donors (Lipinski definition) is 0. The first kappa shape index (κ1) is 13.5. The van der Waals surface area contributed by atoms with Crippen LogP contribution in [-0.4, -0.2) is 19.0 Å². The Bertz CT molecular complexity index is 412. The Morgan fingerprint density at radius 2 is 2.00 bits per heavy atom. The molecule has 0 amide bonds. The van der Waals surface area contributed by atoms with Crippen molar-refractivity contribution in [1.82, 2.24) is 0 Å². The van der Waals surface area contributed by atoms with Crippen LogP contribution in [0.25, 0.3) is 0 Å². The summed E-state index contributed by atoms with van der Waals surface area (Å²) in [6.45, 7) is 4.01. The molecule has 0 N–H and O–H groups in total. The molecule has 17 heavy (non-hydrogen) atoms. The van der Waals surface area contributed by atoms with Crippen LogP contribution in [0.1, 0.15) is 25.8 Å². The van der Waals surface area contributed by atoms with E-state index in [0.717, 1.165) is 11.8 Å². The lowest BCUT2D eigenvalue weighted by atomic mass is 9.87. The van der Waals surface area contributed by atoms with Crippen molar-refractivity contribution in [2.45, 2.75) is 25.9 Å². The number of carbonyl (C=O) groups is 1. The lowest BCUT2D eigenvalue weighted by molar-refractivity contribution is -0.113. The van der Waals surface area contributed by atoms with Gasteiger partial charge in [0.05, 0.1) is 0 Å². The van der Waals surface area contributed by atoms with Crippen LogP contribution in [-0.2, 0) is 9.53 Å². The van der Waals surface area contributed by atoms with Crippen molar-refractivity contribution in [1.29, 1.82) is 0 Å². The summed E-state index contributed by atoms with van der Waals surface area (Å²) in [5.74, 6) is 6.33. The molecule has 0 spiro atoms. The second-order valence-electron chi connectivity index (χ2n) is 4.24. The minimum Gasteiger partial charge on any atom is -0.365 e. The highest BCUT2D eigenvalue weighted by Gasteiger charge is 2.31. The summed E-state index contributed by atoms with van der Waals surface area (Å²) in [5, 5.41) is 0. The highest BCUT2D eigenvalue weighted by molar-refractivity contribution is 5.54. The second kappa shape index (κ2) is 6.22. The third-order valence-electron chi connectivity index (χ3n) is 2.88. The zero-order valence-electron chi connectivity index (χ0n) is 10.6. The van der Waals surface area contributed by atoms with E-state index in [4.69, 9.17) is 4.74 Å². The van der Waals surface area contributed by atoms with E-state index in [1.54, 1.807) is 7.11 Å². The van der Waals surface area contributed by atoms with Gasteiger partial charge in [0, 0.05) is 19.1 Å². The fourth-order valence-corrected chi connectivity index (χ4v) is 1.62. The Labute approximate surface area is 103 Å². The highest BCUT2D eigenvalue weighted by Crippen LogP contribution is 2.23. The van der Waals surface area contributed by atoms with Crippen molar-refractivity contribution in [3.05, 3.63) is 35.9 Å². The molecule has 0 saturated carbocycles. The van der Waals surface area contributed by atoms with E-state index in [1.165, 1.54) is 0 Å². The lowest BCUT2D eigenvalue weighted by Gasteiger charge is -2.29. The molecule has 0 aromatic heterocycles. The average molecular weight is 230 g/mol. The van der Waals surface area contributed by atoms with Gasteiger partial charge < -0.3 is 9.53 Å². The minimum absolute atomic E-state index is 0.161. The first-order valence-corrected chi connectivity index (χ1v) is 5.71. The number of ether oxygens (including phenoxy) is 1. The summed E-state index contributed by atoms with van der Waals surface area (Å²) in [4.78, 5) is 10.7. The number of hydrogen-bond acceptors (Lipinski definition) is 2. The van der Waals surface area contributed by atoms with Crippen molar-refractivity contribution in [3.8, 4) is 11.8 Å². The molecule has 2 heteroatoms. The van der Waals surface area contributed by atoms with Crippen molar-refractivity contribution in [3.63, 3.8) is 0 Å². The van der Waals surface area contributed by atoms with Gasteiger partial charge in [-0.1, -0.05) is 43.9 Å². The Kier molecular flexibility index (Phi) is 4.93. The fraction of sp³-hybridized carbons (Fsp3) is 0.400. The van der Waals surface area contributed by atoms with E-state index in [0.29, 0.717) is 6.42 Å². The van der Waals surface area contributed by atoms with Crippen LogP contribution >= 0.6 is 0 Å². The molecule has 1 rings (SSSR count). The van der Waals surface area contributed by atoms with Gasteiger partial charge in [-0.25, -0.2) is 0 Å². The zero-order chi connectivity index (χ0) is 12.7. The van der Waals surface area contributed by atoms with Crippen LogP contribution in [0.3, 0.4) is 0 Å². The summed E-state index contributed by atoms with van der Waals surface area (Å²) < 4.78 is 5.46. The predicted molar refractivity (Wildman–Crippen MR) is 68.6 cm³/mol. The molecule has 1 aromatic rings. The molecule has 0 radical (unpaired) electrons. The molecule has 0 unspecified atom stereocenters. The fourth-order valence-electron chi connectivity index (χ4n) is 1.62. The Hall–Kier alpha value is -1.59. The van der Waals surface area contributed by atoms with E-state index in [1.807, 2.05) is 44.2 Å². The SMILES string of the molecule is CO[C@](C#Cc1ccccc1)(CC=O)C(C)C. The first-order valence-electron chi connectivity index (χ1n) is 5.71. The van der Waals surface area contributed by atoms with Crippen molar-refractivity contribution in [2.75, 3.05) is 7.11 Å². The van der Waals surface area contributed by atoms with E-state index in [-0.39, 0.29) is 5.92 Å². The van der Waals surface area contributed by atoms with Gasteiger partial charge in [0.2, 0.25) is 0 Å². The molecule has 0 aliphatic carbocycles. The van der Waals surface area contributed by atoms with Gasteiger partial charge in [0.25, 0.3) is 0 Å². The number of benzene rings is 1. The standard InChI is InChI=1S/C15H18O2/c1-13(2)15(17-3,11-12-16)10-9-14-7-5-4-6-8-14/h4-8,12-13H,11H2,1-3H3/t15-/m1/s1. The predicted octanol–water partition coefficient (Wildman–Crippen LogP) is 2.67. The van der Waals surface area contributed by atoms with Gasteiger partial charge in [0.1, 0.15) is 11.9 Å². The summed E-state index contributed by atoms with van der Waals surface area (Å²) in [5.41, 5.74) is 0.248. The molecule has 0 aliphatic rings. The van der Waals surface area contributed by atoms with E-state index in [9.17, 15) is 4.79 Å². The van der Waals surface area contributed by atoms with E-state index in [2.05, 4.69) is 11.8 Å². The molecule has 1 aromatic carbocycles. The number of rotatable bonds is 4. The maximum absolute atomic E-state index is 10.7. The van der Waals surface area contributed by atoms with Gasteiger partial charge in [-0.15, -0.1) is 0 Å². The zero-order valence-corrected chi connectivity index (χ0v) is 10.6. The maximum atomic E-state index is 10.7. The summed E-state index contributed by atoms with van der Waals surface area (Å²) in [6.07, 6.45) is 1.16. The monoisotopic (exact) mass is 230 g/mol. The molecule has 0 heterocycles. The Morgan fingerprint density at radius 3 is 2.47 bits per heavy atom. The maximum Gasteiger partial charge on any atom is 0.137 e. The van der Waals surface area contributed by atoms with Gasteiger partial charge >= 0.3 is 0 Å². The highest BCUT2D eigenvalue weighted by atomic mass is 16.5. The molecular weight excluding hydrogens is 212 g/mol. The normalized spacial score (nSPS) is 13.6. The number of aldehydes is 1. The van der Waals surface area contributed by atoms with Crippen molar-refractivity contribution >= 4 is 6.29 Å². The third-order valence-corrected chi connectivity index (χ3v) is 2.88. The number of carbonyl (C=O) groups excluding carboxylic acids is 1. The van der Waals surface area contributed by atoms with Crippen LogP contribution in [0, 0.1) is 17.8 Å². The van der Waals surface area contributed by atoms with Crippen LogP contribution in [0.2, 0.25) is 0 Å². The summed E-state index contributed by atoms with van der Waals surface area (Å²) in [6, 6.07) is 9.70. The molecule has 0 saturated heterocycles. The molecule has 0 aliphatic heterocycles. The van der Waals surface area contributed by atoms with Gasteiger partial charge in [-0.05, 0) is 18.1 Å². The largest absolute Gasteiger partial charge is 0.365 e. The first-order chi connectivity index (χ1) is 8.14. The van der Waals surface area contributed by atoms with Crippen LogP contribution in [0.5, 0.6) is 0 Å². The minimum atomic E-state index is -0.683. The van der Waals surface area contributed by atoms with Crippen LogP contribution in [0.15, 0.2) is 30.3 Å². The van der Waals surface area contributed by atoms with Gasteiger partial charge in [-0.3, -0.25) is 0 Å². The molecule has 0 bridgehead atoms. The second-order valence-corrected chi connectivity index (χ2v) is 4.24. The molecular formula is C15H18O2. The Balaban J connectivity index is 3.02. The van der Waals surface area contributed by atoms with E-state index < -0.39 is 5.60 Å². The molecule has 2 nitrogen and oxygen atoms in total. The van der Waals surface area contributed by atoms with Crippen molar-refractivity contribution in [2.24, 2.45) is 5.92 Å². The van der Waals surface area contributed by atoms with Gasteiger partial charge in [-0.2, -0.15) is 0 Å². The van der Waals surface area contributed by atoms with E-state index >= 15 is 0 Å². The number of methoxy groups -OCH3 is 1. The third kappa shape index (κ3) is 3.44. The van der Waals surface area contributed by atoms with Gasteiger partial charge in [0.15, 0.2) is 0 Å². The molecule has 1 atom stereocenters. The Morgan fingerprint density at radius 1 is 1.35 bits per heavy atom. The molecule has 90 valence electrons. The smallest absolute Gasteiger partial charge is 0.137 e. The topological polar surface area (TPSA) is 26.3 Å². The lowest BCUT2D eigenvalue weighted by Crippen LogP contribution is -2.36.